The highest BCUT2D eigenvalue weighted by molar-refractivity contribution is 5.53. The monoisotopic (exact) mass is 414 g/mol. The van der Waals surface area contributed by atoms with Crippen molar-refractivity contribution in [3.05, 3.63) is 40.6 Å². The van der Waals surface area contributed by atoms with E-state index in [0.29, 0.717) is 18.3 Å². The zero-order valence-corrected chi connectivity index (χ0v) is 18.2. The number of nitrogens with one attached hydrogen (secondary N) is 3. The van der Waals surface area contributed by atoms with Gasteiger partial charge in [0.1, 0.15) is 11.6 Å². The summed E-state index contributed by atoms with van der Waals surface area (Å²) in [7, 11) is 1.69. The number of nitrogen functional groups attached to an aromatic ring is 1. The minimum Gasteiger partial charge on any atom is -0.496 e. The first-order valence-corrected chi connectivity index (χ1v) is 10.6. The van der Waals surface area contributed by atoms with E-state index in [0.717, 1.165) is 55.0 Å². The van der Waals surface area contributed by atoms with Crippen LogP contribution in [0.2, 0.25) is 0 Å². The van der Waals surface area contributed by atoms with Crippen LogP contribution in [0.15, 0.2) is 18.2 Å². The Labute approximate surface area is 178 Å². The van der Waals surface area contributed by atoms with Crippen LogP contribution in [0.5, 0.6) is 5.75 Å². The molecule has 0 radical (unpaired) electrons. The molecule has 30 heavy (non-hydrogen) atoms. The Balaban J connectivity index is 1.81. The lowest BCUT2D eigenvalue weighted by molar-refractivity contribution is 0.268. The van der Waals surface area contributed by atoms with Gasteiger partial charge >= 0.3 is 0 Å². The first kappa shape index (κ1) is 22.3. The Kier molecular flexibility index (Phi) is 7.84. The predicted molar refractivity (Wildman–Crippen MR) is 120 cm³/mol. The molecule has 0 amide bonds. The number of anilines is 2. The van der Waals surface area contributed by atoms with Crippen molar-refractivity contribution >= 4 is 11.8 Å². The number of nitrogens with zero attached hydrogens (tertiary/aromatic N) is 2. The van der Waals surface area contributed by atoms with Crippen molar-refractivity contribution in [2.45, 2.75) is 51.7 Å². The molecule has 2 heterocycles. The van der Waals surface area contributed by atoms with Gasteiger partial charge in [0.15, 0.2) is 0 Å². The summed E-state index contributed by atoms with van der Waals surface area (Å²) in [6.45, 7) is 6.92. The van der Waals surface area contributed by atoms with Crippen LogP contribution >= 0.6 is 0 Å². The van der Waals surface area contributed by atoms with E-state index >= 15 is 0 Å². The summed E-state index contributed by atoms with van der Waals surface area (Å²) in [5.41, 5.74) is 9.93. The third kappa shape index (κ3) is 5.59. The van der Waals surface area contributed by atoms with E-state index in [-0.39, 0.29) is 18.6 Å². The number of aryl methyl sites for hydroxylation is 1. The third-order valence-electron chi connectivity index (χ3n) is 5.52. The molecule has 164 valence electrons. The molecule has 8 heteroatoms. The molecule has 0 bridgehead atoms. The van der Waals surface area contributed by atoms with Crippen LogP contribution in [0.4, 0.5) is 11.8 Å². The van der Waals surface area contributed by atoms with E-state index in [1.165, 1.54) is 5.56 Å². The molecular formula is C22H34N6O2. The number of benzene rings is 1. The minimum atomic E-state index is -0.0706. The molecule has 6 N–H and O–H groups in total. The maximum atomic E-state index is 9.69. The predicted octanol–water partition coefficient (Wildman–Crippen LogP) is 1.60. The van der Waals surface area contributed by atoms with Crippen LogP contribution in [-0.4, -0.2) is 54.0 Å². The van der Waals surface area contributed by atoms with Crippen molar-refractivity contribution in [3.63, 3.8) is 0 Å². The molecule has 8 nitrogen and oxygen atoms in total. The lowest BCUT2D eigenvalue weighted by atomic mass is 10.0. The lowest BCUT2D eigenvalue weighted by Crippen LogP contribution is -2.54. The second kappa shape index (κ2) is 10.6. The van der Waals surface area contributed by atoms with Crippen LogP contribution in [0, 0.1) is 6.92 Å². The summed E-state index contributed by atoms with van der Waals surface area (Å²) in [6.07, 6.45) is 2.43. The highest BCUT2D eigenvalue weighted by Gasteiger charge is 2.18. The van der Waals surface area contributed by atoms with Gasteiger partial charge in [0, 0.05) is 43.4 Å². The maximum absolute atomic E-state index is 9.69. The number of rotatable bonds is 11. The molecule has 2 aromatic rings. The van der Waals surface area contributed by atoms with Crippen molar-refractivity contribution in [1.29, 1.82) is 0 Å². The summed E-state index contributed by atoms with van der Waals surface area (Å²) in [4.78, 5) is 8.78. The van der Waals surface area contributed by atoms with Gasteiger partial charge < -0.3 is 31.5 Å². The number of hydrogen-bond donors (Lipinski definition) is 5. The van der Waals surface area contributed by atoms with Gasteiger partial charge in [-0.1, -0.05) is 25.5 Å². The van der Waals surface area contributed by atoms with Gasteiger partial charge in [-0.3, -0.25) is 0 Å². The van der Waals surface area contributed by atoms with Crippen molar-refractivity contribution in [1.82, 2.24) is 20.6 Å². The van der Waals surface area contributed by atoms with Gasteiger partial charge in [-0.15, -0.1) is 0 Å². The largest absolute Gasteiger partial charge is 0.496 e. The Morgan fingerprint density at radius 1 is 1.33 bits per heavy atom. The number of aliphatic hydroxyl groups is 1. The summed E-state index contributed by atoms with van der Waals surface area (Å²) in [5, 5.41) is 19.9. The van der Waals surface area contributed by atoms with E-state index in [1.54, 1.807) is 7.11 Å². The van der Waals surface area contributed by atoms with Crippen molar-refractivity contribution in [2.75, 3.05) is 37.9 Å². The second-order valence-electron chi connectivity index (χ2n) is 7.87. The molecule has 1 atom stereocenters. The number of nitrogens with two attached hydrogens (primary N) is 1. The molecule has 1 aliphatic heterocycles. The molecule has 1 aromatic heterocycles. The Morgan fingerprint density at radius 3 is 2.77 bits per heavy atom. The fourth-order valence-corrected chi connectivity index (χ4v) is 3.63. The van der Waals surface area contributed by atoms with Gasteiger partial charge in [-0.2, -0.15) is 4.98 Å². The average Bonchev–Trinajstić information content (AvgIpc) is 2.69. The van der Waals surface area contributed by atoms with Crippen molar-refractivity contribution in [3.8, 4) is 5.75 Å². The third-order valence-corrected chi connectivity index (χ3v) is 5.52. The summed E-state index contributed by atoms with van der Waals surface area (Å²) in [5.74, 6) is 1.75. The standard InChI is InChI=1S/C22H34N6O2/c1-4-5-17(13-29)27-21-19(14(2)26-22(23)28-21)9-16-7-6-15(8-20(16)30-3)10-25-18-11-24-12-18/h6-8,17-18,24-25,29H,4-5,9-13H2,1-3H3,(H3,23,26,27,28). The zero-order chi connectivity index (χ0) is 21.5. The molecule has 1 aliphatic rings. The fraction of sp³-hybridized carbons (Fsp3) is 0.545. The minimum absolute atomic E-state index is 0.0395. The quantitative estimate of drug-likeness (QED) is 0.376. The summed E-state index contributed by atoms with van der Waals surface area (Å²) >= 11 is 0. The van der Waals surface area contributed by atoms with Gasteiger partial charge in [-0.05, 0) is 30.5 Å². The Hall–Kier alpha value is -2.42. The molecule has 0 saturated carbocycles. The SMILES string of the molecule is CCCC(CO)Nc1nc(N)nc(C)c1Cc1ccc(CNC2CNC2)cc1OC. The van der Waals surface area contributed by atoms with Crippen LogP contribution in [0.25, 0.3) is 0 Å². The van der Waals surface area contributed by atoms with E-state index in [9.17, 15) is 5.11 Å². The topological polar surface area (TPSA) is 117 Å². The second-order valence-corrected chi connectivity index (χ2v) is 7.87. The Morgan fingerprint density at radius 2 is 2.13 bits per heavy atom. The molecule has 1 aromatic carbocycles. The molecule has 1 fully saturated rings. The number of methoxy groups -OCH3 is 1. The van der Waals surface area contributed by atoms with E-state index in [2.05, 4.69) is 51.0 Å². The number of aliphatic hydroxyl groups excluding tert-OH is 1. The lowest BCUT2D eigenvalue weighted by Gasteiger charge is -2.28. The first-order chi connectivity index (χ1) is 14.5. The fourth-order valence-electron chi connectivity index (χ4n) is 3.63. The number of ether oxygens (including phenoxy) is 1. The summed E-state index contributed by atoms with van der Waals surface area (Å²) in [6, 6.07) is 6.79. The summed E-state index contributed by atoms with van der Waals surface area (Å²) < 4.78 is 5.68. The van der Waals surface area contributed by atoms with Gasteiger partial charge in [0.05, 0.1) is 19.8 Å². The van der Waals surface area contributed by atoms with Crippen molar-refractivity contribution in [2.24, 2.45) is 0 Å². The molecule has 3 rings (SSSR count). The smallest absolute Gasteiger partial charge is 0.222 e. The number of hydrogen-bond acceptors (Lipinski definition) is 8. The molecule has 1 saturated heterocycles. The van der Waals surface area contributed by atoms with Gasteiger partial charge in [0.25, 0.3) is 0 Å². The molecule has 0 spiro atoms. The first-order valence-electron chi connectivity index (χ1n) is 10.6. The maximum Gasteiger partial charge on any atom is 0.222 e. The molecule has 1 unspecified atom stereocenters. The van der Waals surface area contributed by atoms with Crippen molar-refractivity contribution < 1.29 is 9.84 Å². The number of aromatic nitrogens is 2. The highest BCUT2D eigenvalue weighted by atomic mass is 16.5. The molecule has 0 aliphatic carbocycles. The zero-order valence-electron chi connectivity index (χ0n) is 18.2. The van der Waals surface area contributed by atoms with Crippen LogP contribution < -0.4 is 26.4 Å². The van der Waals surface area contributed by atoms with Crippen LogP contribution in [0.1, 0.15) is 42.1 Å². The normalized spacial score (nSPS) is 14.9. The average molecular weight is 415 g/mol. The van der Waals surface area contributed by atoms with E-state index < -0.39 is 0 Å². The Bertz CT molecular complexity index is 841. The van der Waals surface area contributed by atoms with Crippen LogP contribution in [0.3, 0.4) is 0 Å². The van der Waals surface area contributed by atoms with E-state index in [1.807, 2.05) is 6.92 Å². The van der Waals surface area contributed by atoms with Gasteiger partial charge in [0.2, 0.25) is 5.95 Å². The molecular weight excluding hydrogens is 380 g/mol. The van der Waals surface area contributed by atoms with E-state index in [4.69, 9.17) is 10.5 Å². The highest BCUT2D eigenvalue weighted by Crippen LogP contribution is 2.28. The van der Waals surface area contributed by atoms with Gasteiger partial charge in [-0.25, -0.2) is 4.98 Å². The van der Waals surface area contributed by atoms with Crippen LogP contribution in [-0.2, 0) is 13.0 Å².